The SMILES string of the molecule is C=N/C=C(\C(CCc1cccc(C(=O)NC)c1)=N/CNc1ccc(CN2CCNCC2)cc1)C(F)(F)F. The second-order valence-electron chi connectivity index (χ2n) is 8.67. The third-order valence-electron chi connectivity index (χ3n) is 6.03. The number of nitrogens with one attached hydrogen (secondary N) is 3. The van der Waals surface area contributed by atoms with Crippen molar-refractivity contribution in [2.24, 2.45) is 9.98 Å². The largest absolute Gasteiger partial charge is 0.419 e. The maximum absolute atomic E-state index is 13.8. The molecule has 3 N–H and O–H groups in total. The summed E-state index contributed by atoms with van der Waals surface area (Å²) in [6, 6.07) is 14.6. The van der Waals surface area contributed by atoms with Crippen LogP contribution in [0.1, 0.15) is 27.9 Å². The minimum atomic E-state index is -4.63. The summed E-state index contributed by atoms with van der Waals surface area (Å²) in [7, 11) is 1.52. The van der Waals surface area contributed by atoms with Gasteiger partial charge in [-0.25, -0.2) is 0 Å². The third-order valence-corrected chi connectivity index (χ3v) is 6.03. The van der Waals surface area contributed by atoms with E-state index in [0.29, 0.717) is 11.8 Å². The van der Waals surface area contributed by atoms with Crippen molar-refractivity contribution in [2.45, 2.75) is 25.6 Å². The molecule has 0 unspecified atom stereocenters. The summed E-state index contributed by atoms with van der Waals surface area (Å²) >= 11 is 0. The normalized spacial score (nSPS) is 15.4. The molecule has 37 heavy (non-hydrogen) atoms. The van der Waals surface area contributed by atoms with Gasteiger partial charge in [0, 0.05) is 57.2 Å². The van der Waals surface area contributed by atoms with E-state index in [9.17, 15) is 18.0 Å². The third kappa shape index (κ3) is 8.83. The minimum absolute atomic E-state index is 0.0172. The molecule has 0 radical (unpaired) electrons. The Labute approximate surface area is 215 Å². The number of hydrogen-bond donors (Lipinski definition) is 3. The van der Waals surface area contributed by atoms with Gasteiger partial charge in [-0.3, -0.25) is 19.7 Å². The van der Waals surface area contributed by atoms with Gasteiger partial charge in [0.15, 0.2) is 0 Å². The average Bonchev–Trinajstić information content (AvgIpc) is 2.90. The van der Waals surface area contributed by atoms with E-state index >= 15 is 0 Å². The van der Waals surface area contributed by atoms with E-state index in [1.807, 2.05) is 24.3 Å². The van der Waals surface area contributed by atoms with E-state index in [1.54, 1.807) is 24.3 Å². The molecule has 7 nitrogen and oxygen atoms in total. The molecule has 0 saturated carbocycles. The first kappa shape index (κ1) is 28.1. The van der Waals surface area contributed by atoms with Crippen LogP contribution in [-0.2, 0) is 13.0 Å². The van der Waals surface area contributed by atoms with Crippen LogP contribution < -0.4 is 16.0 Å². The summed E-state index contributed by atoms with van der Waals surface area (Å²) in [5.41, 5.74) is 2.06. The lowest BCUT2D eigenvalue weighted by molar-refractivity contribution is -0.0864. The molecule has 198 valence electrons. The van der Waals surface area contributed by atoms with Crippen LogP contribution in [0.5, 0.6) is 0 Å². The highest BCUT2D eigenvalue weighted by atomic mass is 19.4. The van der Waals surface area contributed by atoms with Gasteiger partial charge in [-0.15, -0.1) is 0 Å². The maximum atomic E-state index is 13.8. The van der Waals surface area contributed by atoms with Crippen LogP contribution in [-0.4, -0.2) is 69.3 Å². The van der Waals surface area contributed by atoms with E-state index < -0.39 is 11.7 Å². The van der Waals surface area contributed by atoms with Crippen molar-refractivity contribution in [3.63, 3.8) is 0 Å². The molecule has 2 aromatic rings. The number of carbonyl (C=O) groups excluding carboxylic acids is 1. The predicted molar refractivity (Wildman–Crippen MR) is 142 cm³/mol. The number of rotatable bonds is 11. The summed E-state index contributed by atoms with van der Waals surface area (Å²) in [6.07, 6.45) is -3.64. The molecule has 1 heterocycles. The fourth-order valence-electron chi connectivity index (χ4n) is 4.06. The molecular weight excluding hydrogens is 481 g/mol. The second-order valence-corrected chi connectivity index (χ2v) is 8.67. The average molecular weight is 515 g/mol. The van der Waals surface area contributed by atoms with Crippen LogP contribution in [0, 0.1) is 0 Å². The quantitative estimate of drug-likeness (QED) is 0.396. The fraction of sp³-hybridized carbons (Fsp3) is 0.370. The van der Waals surface area contributed by atoms with Crippen molar-refractivity contribution in [3.8, 4) is 0 Å². The lowest BCUT2D eigenvalue weighted by Gasteiger charge is -2.27. The van der Waals surface area contributed by atoms with Crippen molar-refractivity contribution < 1.29 is 18.0 Å². The van der Waals surface area contributed by atoms with E-state index in [2.05, 4.69) is 37.6 Å². The van der Waals surface area contributed by atoms with Crippen LogP contribution in [0.3, 0.4) is 0 Å². The van der Waals surface area contributed by atoms with Crippen molar-refractivity contribution in [1.29, 1.82) is 0 Å². The van der Waals surface area contributed by atoms with Gasteiger partial charge in [-0.05, 0) is 55.0 Å². The summed E-state index contributed by atoms with van der Waals surface area (Å²) < 4.78 is 41.3. The molecule has 1 fully saturated rings. The zero-order valence-corrected chi connectivity index (χ0v) is 20.9. The maximum Gasteiger partial charge on any atom is 0.419 e. The number of benzene rings is 2. The molecule has 0 bridgehead atoms. The first-order valence-corrected chi connectivity index (χ1v) is 12.1. The molecule has 2 aromatic carbocycles. The number of hydrogen-bond acceptors (Lipinski definition) is 6. The van der Waals surface area contributed by atoms with Gasteiger partial charge in [0.2, 0.25) is 0 Å². The molecule has 1 aliphatic heterocycles. The van der Waals surface area contributed by atoms with Crippen molar-refractivity contribution in [2.75, 3.05) is 45.2 Å². The number of amides is 1. The van der Waals surface area contributed by atoms with E-state index in [4.69, 9.17) is 0 Å². The molecule has 3 rings (SSSR count). The zero-order chi connectivity index (χ0) is 26.7. The van der Waals surface area contributed by atoms with Crippen molar-refractivity contribution in [1.82, 2.24) is 15.5 Å². The van der Waals surface area contributed by atoms with Crippen LogP contribution in [0.15, 0.2) is 70.3 Å². The van der Waals surface area contributed by atoms with Gasteiger partial charge >= 0.3 is 6.18 Å². The molecule has 0 aliphatic carbocycles. The highest BCUT2D eigenvalue weighted by Gasteiger charge is 2.36. The Hall–Kier alpha value is -3.50. The molecule has 0 atom stereocenters. The van der Waals surface area contributed by atoms with E-state index in [1.165, 1.54) is 12.6 Å². The second kappa shape index (κ2) is 13.7. The summed E-state index contributed by atoms with van der Waals surface area (Å²) in [5, 5.41) is 8.95. The van der Waals surface area contributed by atoms with Gasteiger partial charge in [-0.1, -0.05) is 24.3 Å². The minimum Gasteiger partial charge on any atom is -0.366 e. The van der Waals surface area contributed by atoms with E-state index in [-0.39, 0.29) is 31.1 Å². The Morgan fingerprint density at radius 2 is 1.86 bits per heavy atom. The Morgan fingerprint density at radius 1 is 1.14 bits per heavy atom. The Morgan fingerprint density at radius 3 is 2.51 bits per heavy atom. The molecule has 1 saturated heterocycles. The molecule has 1 aliphatic rings. The van der Waals surface area contributed by atoms with Crippen molar-refractivity contribution in [3.05, 3.63) is 77.0 Å². The number of carbonyl (C=O) groups is 1. The number of piperazine rings is 1. The van der Waals surface area contributed by atoms with Gasteiger partial charge < -0.3 is 16.0 Å². The highest BCUT2D eigenvalue weighted by molar-refractivity contribution is 6.01. The van der Waals surface area contributed by atoms with Crippen molar-refractivity contribution >= 4 is 24.0 Å². The van der Waals surface area contributed by atoms with Crippen LogP contribution in [0.4, 0.5) is 18.9 Å². The highest BCUT2D eigenvalue weighted by Crippen LogP contribution is 2.28. The Kier molecular flexibility index (Phi) is 10.4. The van der Waals surface area contributed by atoms with Gasteiger partial charge in [0.25, 0.3) is 5.91 Å². The summed E-state index contributed by atoms with van der Waals surface area (Å²) in [5.74, 6) is -0.259. The van der Waals surface area contributed by atoms with Crippen LogP contribution >= 0.6 is 0 Å². The van der Waals surface area contributed by atoms with Crippen LogP contribution in [0.2, 0.25) is 0 Å². The molecular formula is C27H33F3N6O. The number of aliphatic imine (C=N–C) groups is 2. The number of anilines is 1. The van der Waals surface area contributed by atoms with E-state index in [0.717, 1.165) is 44.0 Å². The topological polar surface area (TPSA) is 81.1 Å². The zero-order valence-electron chi connectivity index (χ0n) is 20.9. The molecule has 1 amide bonds. The van der Waals surface area contributed by atoms with Crippen LogP contribution in [0.25, 0.3) is 0 Å². The summed E-state index contributed by atoms with van der Waals surface area (Å²) in [4.78, 5) is 21.9. The van der Waals surface area contributed by atoms with Gasteiger partial charge in [-0.2, -0.15) is 13.2 Å². The Bertz CT molecular complexity index is 1110. The summed E-state index contributed by atoms with van der Waals surface area (Å²) in [6.45, 7) is 7.98. The fourth-order valence-corrected chi connectivity index (χ4v) is 4.06. The molecule has 0 aromatic heterocycles. The lowest BCUT2D eigenvalue weighted by Crippen LogP contribution is -2.42. The standard InChI is InChI=1S/C27H33F3N6O/c1-31-17-24(27(28,29)30)25(11-8-20-4-3-5-22(16-20)26(37)32-2)35-19-34-23-9-6-21(7-10-23)18-36-14-12-33-13-15-36/h3-7,9-10,16-17,33-34H,1,8,11-15,18-19H2,2H3,(H,32,37)/b24-17+,35-25-. The predicted octanol–water partition coefficient (Wildman–Crippen LogP) is 4.04. The Balaban J connectivity index is 1.69. The smallest absolute Gasteiger partial charge is 0.366 e. The lowest BCUT2D eigenvalue weighted by atomic mass is 10.0. The number of nitrogens with zero attached hydrogens (tertiary/aromatic N) is 3. The molecule has 10 heteroatoms. The first-order chi connectivity index (χ1) is 17.8. The number of alkyl halides is 3. The number of halogens is 3. The number of aryl methyl sites for hydroxylation is 1. The monoisotopic (exact) mass is 514 g/mol. The first-order valence-electron chi connectivity index (χ1n) is 12.1. The van der Waals surface area contributed by atoms with Gasteiger partial charge in [0.05, 0.1) is 11.3 Å². The number of allylic oxidation sites excluding steroid dienone is 1. The molecule has 0 spiro atoms. The van der Waals surface area contributed by atoms with Gasteiger partial charge in [0.1, 0.15) is 6.67 Å².